The molecule has 0 aliphatic heterocycles. The summed E-state index contributed by atoms with van der Waals surface area (Å²) in [4.78, 5) is 0. The molecule has 0 aliphatic rings. The first-order chi connectivity index (χ1) is 9.65. The van der Waals surface area contributed by atoms with E-state index in [-0.39, 0.29) is 0 Å². The Morgan fingerprint density at radius 1 is 1.05 bits per heavy atom. The zero-order valence-electron chi connectivity index (χ0n) is 11.9. The molecule has 1 N–H and O–H groups in total. The molecule has 20 heavy (non-hydrogen) atoms. The molecule has 2 aromatic rings. The molecule has 106 valence electrons. The molecule has 1 nitrogen and oxygen atoms in total. The van der Waals surface area contributed by atoms with Crippen molar-refractivity contribution in [2.75, 3.05) is 17.6 Å². The van der Waals surface area contributed by atoms with Crippen LogP contribution in [0.4, 0.5) is 5.69 Å². The van der Waals surface area contributed by atoms with Crippen LogP contribution in [0.3, 0.4) is 0 Å². The number of benzene rings is 2. The average molecular weight is 350 g/mol. The van der Waals surface area contributed by atoms with E-state index in [1.54, 1.807) is 0 Å². The molecule has 0 fully saturated rings. The smallest absolute Gasteiger partial charge is 0.0484 e. The molecule has 0 heterocycles. The number of para-hydroxylation sites is 1. The molecule has 2 rings (SSSR count). The van der Waals surface area contributed by atoms with Gasteiger partial charge in [-0.3, -0.25) is 0 Å². The van der Waals surface area contributed by atoms with Crippen molar-refractivity contribution in [1.82, 2.24) is 0 Å². The standard InChI is InChI=1S/C17H20BrNS/c1-13-9-14(2)11-15(10-13)12-20-8-7-19-17-6-4-3-5-16(17)18/h3-6,9-11,19H,7-8,12H2,1-2H3. The van der Waals surface area contributed by atoms with Gasteiger partial charge in [0.05, 0.1) is 0 Å². The molecular formula is C17H20BrNS. The van der Waals surface area contributed by atoms with Gasteiger partial charge in [-0.05, 0) is 47.5 Å². The highest BCUT2D eigenvalue weighted by molar-refractivity contribution is 9.10. The molecule has 2 aromatic carbocycles. The van der Waals surface area contributed by atoms with E-state index in [2.05, 4.69) is 71.5 Å². The van der Waals surface area contributed by atoms with Crippen molar-refractivity contribution in [3.8, 4) is 0 Å². The van der Waals surface area contributed by atoms with Crippen molar-refractivity contribution in [1.29, 1.82) is 0 Å². The summed E-state index contributed by atoms with van der Waals surface area (Å²) in [5, 5.41) is 3.45. The fraction of sp³-hybridized carbons (Fsp3) is 0.294. The molecule has 0 radical (unpaired) electrons. The molecule has 0 amide bonds. The summed E-state index contributed by atoms with van der Waals surface area (Å²) in [6.45, 7) is 5.31. The van der Waals surface area contributed by atoms with Gasteiger partial charge < -0.3 is 5.32 Å². The van der Waals surface area contributed by atoms with Crippen LogP contribution in [0.5, 0.6) is 0 Å². The lowest BCUT2D eigenvalue weighted by Gasteiger charge is -2.08. The number of aryl methyl sites for hydroxylation is 2. The summed E-state index contributed by atoms with van der Waals surface area (Å²) in [7, 11) is 0. The van der Waals surface area contributed by atoms with Gasteiger partial charge in [0.15, 0.2) is 0 Å². The Morgan fingerprint density at radius 2 is 1.75 bits per heavy atom. The lowest BCUT2D eigenvalue weighted by Crippen LogP contribution is -2.04. The molecule has 0 aliphatic carbocycles. The predicted octanol–water partition coefficient (Wildman–Crippen LogP) is 5.41. The topological polar surface area (TPSA) is 12.0 Å². The normalized spacial score (nSPS) is 10.6. The van der Waals surface area contributed by atoms with Crippen LogP contribution in [0.25, 0.3) is 0 Å². The van der Waals surface area contributed by atoms with Crippen LogP contribution in [0.2, 0.25) is 0 Å². The van der Waals surface area contributed by atoms with Gasteiger partial charge in [0, 0.05) is 28.2 Å². The van der Waals surface area contributed by atoms with Gasteiger partial charge in [-0.25, -0.2) is 0 Å². The van der Waals surface area contributed by atoms with Crippen LogP contribution in [-0.2, 0) is 5.75 Å². The molecule has 0 unspecified atom stereocenters. The zero-order chi connectivity index (χ0) is 14.4. The van der Waals surface area contributed by atoms with Gasteiger partial charge in [-0.15, -0.1) is 0 Å². The highest BCUT2D eigenvalue weighted by Crippen LogP contribution is 2.21. The van der Waals surface area contributed by atoms with Gasteiger partial charge in [0.25, 0.3) is 0 Å². The van der Waals surface area contributed by atoms with Gasteiger partial charge in [-0.2, -0.15) is 11.8 Å². The lowest BCUT2D eigenvalue weighted by atomic mass is 10.1. The van der Waals surface area contributed by atoms with E-state index in [0.29, 0.717) is 0 Å². The minimum atomic E-state index is 0.984. The maximum atomic E-state index is 3.55. The third-order valence-corrected chi connectivity index (χ3v) is 4.71. The first kappa shape index (κ1) is 15.5. The van der Waals surface area contributed by atoms with Crippen molar-refractivity contribution in [2.24, 2.45) is 0 Å². The third-order valence-electron chi connectivity index (χ3n) is 2.99. The van der Waals surface area contributed by atoms with Crippen molar-refractivity contribution >= 4 is 33.4 Å². The summed E-state index contributed by atoms with van der Waals surface area (Å²) in [5.41, 5.74) is 5.30. The molecule has 0 atom stereocenters. The van der Waals surface area contributed by atoms with Gasteiger partial charge in [0.1, 0.15) is 0 Å². The largest absolute Gasteiger partial charge is 0.383 e. The Morgan fingerprint density at radius 3 is 2.45 bits per heavy atom. The Bertz CT molecular complexity index is 548. The Labute approximate surface area is 134 Å². The second kappa shape index (κ2) is 7.75. The Kier molecular flexibility index (Phi) is 5.99. The van der Waals surface area contributed by atoms with E-state index >= 15 is 0 Å². The first-order valence-electron chi connectivity index (χ1n) is 6.78. The van der Waals surface area contributed by atoms with Gasteiger partial charge >= 0.3 is 0 Å². The quantitative estimate of drug-likeness (QED) is 0.699. The fourth-order valence-electron chi connectivity index (χ4n) is 2.20. The van der Waals surface area contributed by atoms with Crippen molar-refractivity contribution in [2.45, 2.75) is 19.6 Å². The number of rotatable bonds is 6. The number of nitrogens with one attached hydrogen (secondary N) is 1. The number of hydrogen-bond acceptors (Lipinski definition) is 2. The minimum absolute atomic E-state index is 0.984. The van der Waals surface area contributed by atoms with Crippen LogP contribution in [0.15, 0.2) is 46.9 Å². The third kappa shape index (κ3) is 4.88. The van der Waals surface area contributed by atoms with Gasteiger partial charge in [-0.1, -0.05) is 41.5 Å². The van der Waals surface area contributed by atoms with Crippen LogP contribution in [0, 0.1) is 13.8 Å². The summed E-state index contributed by atoms with van der Waals surface area (Å²) < 4.78 is 1.12. The molecular weight excluding hydrogens is 330 g/mol. The number of halogens is 1. The maximum Gasteiger partial charge on any atom is 0.0484 e. The van der Waals surface area contributed by atoms with Crippen LogP contribution in [0.1, 0.15) is 16.7 Å². The van der Waals surface area contributed by atoms with Crippen LogP contribution < -0.4 is 5.32 Å². The molecule has 0 bridgehead atoms. The Balaban J connectivity index is 1.73. The summed E-state index contributed by atoms with van der Waals surface area (Å²) >= 11 is 5.52. The summed E-state index contributed by atoms with van der Waals surface area (Å²) in [6, 6.07) is 15.0. The molecule has 0 saturated carbocycles. The van der Waals surface area contributed by atoms with Crippen LogP contribution in [-0.4, -0.2) is 12.3 Å². The monoisotopic (exact) mass is 349 g/mol. The Hall–Kier alpha value is -0.930. The first-order valence-corrected chi connectivity index (χ1v) is 8.73. The number of thioether (sulfide) groups is 1. The van der Waals surface area contributed by atoms with E-state index < -0.39 is 0 Å². The minimum Gasteiger partial charge on any atom is -0.383 e. The van der Waals surface area contributed by atoms with Crippen LogP contribution >= 0.6 is 27.7 Å². The van der Waals surface area contributed by atoms with E-state index in [4.69, 9.17) is 0 Å². The SMILES string of the molecule is Cc1cc(C)cc(CSCCNc2ccccc2Br)c1. The predicted molar refractivity (Wildman–Crippen MR) is 94.7 cm³/mol. The van der Waals surface area contributed by atoms with Crippen molar-refractivity contribution in [3.63, 3.8) is 0 Å². The second-order valence-electron chi connectivity index (χ2n) is 4.96. The van der Waals surface area contributed by atoms with Crippen molar-refractivity contribution < 1.29 is 0 Å². The number of hydrogen-bond donors (Lipinski definition) is 1. The zero-order valence-corrected chi connectivity index (χ0v) is 14.4. The second-order valence-corrected chi connectivity index (χ2v) is 6.91. The summed E-state index contributed by atoms with van der Waals surface area (Å²) in [5.74, 6) is 2.19. The van der Waals surface area contributed by atoms with Gasteiger partial charge in [0.2, 0.25) is 0 Å². The van der Waals surface area contributed by atoms with Crippen molar-refractivity contribution in [3.05, 3.63) is 63.6 Å². The highest BCUT2D eigenvalue weighted by atomic mass is 79.9. The molecule has 3 heteroatoms. The fourth-order valence-corrected chi connectivity index (χ4v) is 3.42. The summed E-state index contributed by atoms with van der Waals surface area (Å²) in [6.07, 6.45) is 0. The lowest BCUT2D eigenvalue weighted by molar-refractivity contribution is 1.21. The van der Waals surface area contributed by atoms with E-state index in [0.717, 1.165) is 22.5 Å². The maximum absolute atomic E-state index is 3.55. The highest BCUT2D eigenvalue weighted by Gasteiger charge is 1.99. The average Bonchev–Trinajstić information content (AvgIpc) is 2.39. The molecule has 0 spiro atoms. The molecule has 0 aromatic heterocycles. The molecule has 0 saturated heterocycles. The number of anilines is 1. The van der Waals surface area contributed by atoms with E-state index in [1.807, 2.05) is 17.8 Å². The van der Waals surface area contributed by atoms with E-state index in [9.17, 15) is 0 Å². The van der Waals surface area contributed by atoms with E-state index in [1.165, 1.54) is 22.4 Å².